The van der Waals surface area contributed by atoms with Gasteiger partial charge in [0.05, 0.1) is 6.04 Å². The largest absolute Gasteiger partial charge is 0.379 e. The van der Waals surface area contributed by atoms with Crippen molar-refractivity contribution in [3.8, 4) is 0 Å². The van der Waals surface area contributed by atoms with Crippen LogP contribution in [0.15, 0.2) is 4.99 Å². The zero-order valence-corrected chi connectivity index (χ0v) is 7.44. The minimum absolute atomic E-state index is 0.574. The summed E-state index contributed by atoms with van der Waals surface area (Å²) < 4.78 is 0. The molecule has 2 nitrogen and oxygen atoms in total. The van der Waals surface area contributed by atoms with Crippen molar-refractivity contribution in [1.29, 1.82) is 0 Å². The Morgan fingerprint density at radius 2 is 2.18 bits per heavy atom. The molecule has 3 heteroatoms. The van der Waals surface area contributed by atoms with Crippen molar-refractivity contribution < 1.29 is 0 Å². The van der Waals surface area contributed by atoms with E-state index in [0.29, 0.717) is 6.04 Å². The van der Waals surface area contributed by atoms with Crippen molar-refractivity contribution in [2.75, 3.05) is 5.75 Å². The van der Waals surface area contributed by atoms with Gasteiger partial charge in [0.25, 0.3) is 0 Å². The first-order valence-electron chi connectivity index (χ1n) is 4.32. The van der Waals surface area contributed by atoms with Crippen LogP contribution in [0.2, 0.25) is 0 Å². The van der Waals surface area contributed by atoms with Gasteiger partial charge in [-0.25, -0.2) is 0 Å². The molecule has 0 aromatic rings. The fraction of sp³-hybridized carbons (Fsp3) is 0.875. The van der Waals surface area contributed by atoms with Crippen LogP contribution in [0.3, 0.4) is 0 Å². The number of aliphatic imine (C=N–C) groups is 1. The summed E-state index contributed by atoms with van der Waals surface area (Å²) in [6, 6.07) is 0.574. The number of amidine groups is 1. The molecule has 0 bridgehead atoms. The van der Waals surface area contributed by atoms with E-state index in [4.69, 9.17) is 5.73 Å². The van der Waals surface area contributed by atoms with Gasteiger partial charge >= 0.3 is 0 Å². The van der Waals surface area contributed by atoms with Gasteiger partial charge in [0.1, 0.15) is 0 Å². The maximum absolute atomic E-state index is 5.65. The number of nitrogens with two attached hydrogens (primary N) is 1. The van der Waals surface area contributed by atoms with E-state index in [1.54, 1.807) is 11.8 Å². The molecule has 0 amide bonds. The van der Waals surface area contributed by atoms with Crippen molar-refractivity contribution in [2.45, 2.75) is 31.7 Å². The first-order chi connectivity index (χ1) is 5.36. The van der Waals surface area contributed by atoms with E-state index in [1.807, 2.05) is 0 Å². The normalized spacial score (nSPS) is 37.6. The van der Waals surface area contributed by atoms with Gasteiger partial charge in [-0.2, -0.15) is 0 Å². The van der Waals surface area contributed by atoms with E-state index in [-0.39, 0.29) is 0 Å². The SMILES string of the molecule is NC1=N[C@H]2CCCC[C@H]2CS1. The quantitative estimate of drug-likeness (QED) is 0.600. The lowest BCUT2D eigenvalue weighted by Crippen LogP contribution is -2.32. The Morgan fingerprint density at radius 1 is 1.36 bits per heavy atom. The van der Waals surface area contributed by atoms with E-state index >= 15 is 0 Å². The fourth-order valence-electron chi connectivity index (χ4n) is 1.95. The third-order valence-electron chi connectivity index (χ3n) is 2.61. The third-order valence-corrected chi connectivity index (χ3v) is 3.60. The van der Waals surface area contributed by atoms with Crippen LogP contribution in [0.25, 0.3) is 0 Å². The molecule has 1 fully saturated rings. The van der Waals surface area contributed by atoms with Gasteiger partial charge in [-0.1, -0.05) is 24.6 Å². The lowest BCUT2D eigenvalue weighted by atomic mass is 9.86. The summed E-state index contributed by atoms with van der Waals surface area (Å²) in [6.07, 6.45) is 5.39. The molecular formula is C8H14N2S. The monoisotopic (exact) mass is 170 g/mol. The minimum Gasteiger partial charge on any atom is -0.379 e. The lowest BCUT2D eigenvalue weighted by molar-refractivity contribution is 0.336. The van der Waals surface area contributed by atoms with Crippen molar-refractivity contribution in [1.82, 2.24) is 0 Å². The molecule has 1 heterocycles. The topological polar surface area (TPSA) is 38.4 Å². The van der Waals surface area contributed by atoms with Crippen LogP contribution in [-0.4, -0.2) is 17.0 Å². The maximum Gasteiger partial charge on any atom is 0.154 e. The predicted molar refractivity (Wildman–Crippen MR) is 49.8 cm³/mol. The standard InChI is InChI=1S/C8H14N2S/c9-8-10-7-4-2-1-3-6(7)5-11-8/h6-7H,1-5H2,(H2,9,10)/t6-,7-/m0/s1. The molecule has 0 aromatic heterocycles. The van der Waals surface area contributed by atoms with Crippen LogP contribution < -0.4 is 5.73 Å². The third kappa shape index (κ3) is 1.53. The van der Waals surface area contributed by atoms with E-state index in [9.17, 15) is 0 Å². The average molecular weight is 170 g/mol. The summed E-state index contributed by atoms with van der Waals surface area (Å²) >= 11 is 1.73. The average Bonchev–Trinajstić information content (AvgIpc) is 2.04. The van der Waals surface area contributed by atoms with Gasteiger partial charge in [-0.05, 0) is 18.8 Å². The summed E-state index contributed by atoms with van der Waals surface area (Å²) in [6.45, 7) is 0. The molecule has 11 heavy (non-hydrogen) atoms. The minimum atomic E-state index is 0.574. The van der Waals surface area contributed by atoms with Crippen LogP contribution >= 0.6 is 11.8 Å². The van der Waals surface area contributed by atoms with Crippen LogP contribution in [0, 0.1) is 5.92 Å². The van der Waals surface area contributed by atoms with Gasteiger partial charge in [0.15, 0.2) is 5.17 Å². The van der Waals surface area contributed by atoms with Crippen molar-refractivity contribution in [3.63, 3.8) is 0 Å². The first kappa shape index (κ1) is 7.47. The summed E-state index contributed by atoms with van der Waals surface area (Å²) in [5.41, 5.74) is 5.65. The molecule has 62 valence electrons. The van der Waals surface area contributed by atoms with Crippen LogP contribution in [-0.2, 0) is 0 Å². The van der Waals surface area contributed by atoms with E-state index in [0.717, 1.165) is 11.1 Å². The number of thioether (sulfide) groups is 1. The number of fused-ring (bicyclic) bond motifs is 1. The molecule has 1 aliphatic heterocycles. The highest BCUT2D eigenvalue weighted by molar-refractivity contribution is 8.13. The molecule has 1 aliphatic carbocycles. The first-order valence-corrected chi connectivity index (χ1v) is 5.31. The Bertz CT molecular complexity index is 179. The zero-order valence-electron chi connectivity index (χ0n) is 6.62. The zero-order chi connectivity index (χ0) is 7.68. The molecule has 2 N–H and O–H groups in total. The molecule has 0 unspecified atom stereocenters. The van der Waals surface area contributed by atoms with Crippen molar-refractivity contribution in [3.05, 3.63) is 0 Å². The fourth-order valence-corrected chi connectivity index (χ4v) is 2.93. The molecule has 2 rings (SSSR count). The lowest BCUT2D eigenvalue weighted by Gasteiger charge is -2.31. The number of hydrogen-bond acceptors (Lipinski definition) is 3. The van der Waals surface area contributed by atoms with Gasteiger partial charge in [0, 0.05) is 5.75 Å². The second kappa shape index (κ2) is 3.05. The number of rotatable bonds is 0. The van der Waals surface area contributed by atoms with Gasteiger partial charge in [-0.3, -0.25) is 4.99 Å². The van der Waals surface area contributed by atoms with Crippen LogP contribution in [0.4, 0.5) is 0 Å². The molecule has 2 aliphatic rings. The van der Waals surface area contributed by atoms with Crippen molar-refractivity contribution in [2.24, 2.45) is 16.6 Å². The van der Waals surface area contributed by atoms with Gasteiger partial charge < -0.3 is 5.73 Å². The Labute approximate surface area is 71.6 Å². The van der Waals surface area contributed by atoms with E-state index in [1.165, 1.54) is 31.4 Å². The van der Waals surface area contributed by atoms with E-state index in [2.05, 4.69) is 4.99 Å². The molecule has 0 radical (unpaired) electrons. The highest BCUT2D eigenvalue weighted by Crippen LogP contribution is 2.32. The number of hydrogen-bond donors (Lipinski definition) is 1. The predicted octanol–water partition coefficient (Wildman–Crippen LogP) is 1.61. The summed E-state index contributed by atoms with van der Waals surface area (Å²) in [4.78, 5) is 4.46. The summed E-state index contributed by atoms with van der Waals surface area (Å²) in [7, 11) is 0. The maximum atomic E-state index is 5.65. The van der Waals surface area contributed by atoms with Crippen LogP contribution in [0.1, 0.15) is 25.7 Å². The summed E-state index contributed by atoms with van der Waals surface area (Å²) in [5, 5.41) is 0.813. The van der Waals surface area contributed by atoms with Gasteiger partial charge in [-0.15, -0.1) is 0 Å². The molecule has 2 atom stereocenters. The Morgan fingerprint density at radius 3 is 3.09 bits per heavy atom. The molecule has 0 saturated heterocycles. The Hall–Kier alpha value is -0.180. The molecule has 1 saturated carbocycles. The smallest absolute Gasteiger partial charge is 0.154 e. The molecule has 0 spiro atoms. The Balaban J connectivity index is 2.07. The second-order valence-corrected chi connectivity index (χ2v) is 4.43. The number of nitrogens with zero attached hydrogens (tertiary/aromatic N) is 1. The highest BCUT2D eigenvalue weighted by Gasteiger charge is 2.27. The summed E-state index contributed by atoms with van der Waals surface area (Å²) in [5.74, 6) is 2.04. The Kier molecular flexibility index (Phi) is 2.07. The van der Waals surface area contributed by atoms with Crippen LogP contribution in [0.5, 0.6) is 0 Å². The molecule has 0 aromatic carbocycles. The van der Waals surface area contributed by atoms with Gasteiger partial charge in [0.2, 0.25) is 0 Å². The van der Waals surface area contributed by atoms with E-state index < -0.39 is 0 Å². The van der Waals surface area contributed by atoms with Crippen molar-refractivity contribution >= 4 is 16.9 Å². The molecular weight excluding hydrogens is 156 g/mol. The second-order valence-electron chi connectivity index (χ2n) is 3.39. The highest BCUT2D eigenvalue weighted by atomic mass is 32.2.